The van der Waals surface area contributed by atoms with Gasteiger partial charge in [0.15, 0.2) is 0 Å². The largest absolute Gasteiger partial charge is 0.337 e. The Morgan fingerprint density at radius 3 is 2.68 bits per heavy atom. The zero-order chi connectivity index (χ0) is 13.9. The second-order valence-corrected chi connectivity index (χ2v) is 5.63. The summed E-state index contributed by atoms with van der Waals surface area (Å²) in [5.41, 5.74) is 5.99. The van der Waals surface area contributed by atoms with Crippen LogP contribution in [0.15, 0.2) is 41.9 Å². The Bertz CT molecular complexity index is 537. The molecule has 0 saturated heterocycles. The SMILES string of the molecule is CN(Cc1nccs1)C(=O)C(C)(N)c1ccccc1. The number of aromatic nitrogens is 1. The fourth-order valence-corrected chi connectivity index (χ4v) is 2.58. The molecule has 4 nitrogen and oxygen atoms in total. The maximum atomic E-state index is 12.5. The van der Waals surface area contributed by atoms with Crippen LogP contribution in [-0.2, 0) is 16.9 Å². The molecule has 1 amide bonds. The minimum atomic E-state index is -1.02. The van der Waals surface area contributed by atoms with Crippen molar-refractivity contribution in [2.24, 2.45) is 5.73 Å². The highest BCUT2D eigenvalue weighted by molar-refractivity contribution is 7.09. The van der Waals surface area contributed by atoms with Crippen LogP contribution < -0.4 is 5.73 Å². The van der Waals surface area contributed by atoms with Crippen molar-refractivity contribution >= 4 is 17.2 Å². The van der Waals surface area contributed by atoms with Gasteiger partial charge in [-0.2, -0.15) is 0 Å². The predicted molar refractivity (Wildman–Crippen MR) is 76.6 cm³/mol. The Balaban J connectivity index is 2.14. The Morgan fingerprint density at radius 1 is 1.42 bits per heavy atom. The smallest absolute Gasteiger partial charge is 0.247 e. The lowest BCUT2D eigenvalue weighted by atomic mass is 9.92. The lowest BCUT2D eigenvalue weighted by molar-refractivity contribution is -0.136. The van der Waals surface area contributed by atoms with E-state index in [2.05, 4.69) is 4.98 Å². The minimum absolute atomic E-state index is 0.117. The van der Waals surface area contributed by atoms with Crippen LogP contribution >= 0.6 is 11.3 Å². The summed E-state index contributed by atoms with van der Waals surface area (Å²) in [6, 6.07) is 9.41. The number of amides is 1. The summed E-state index contributed by atoms with van der Waals surface area (Å²) in [7, 11) is 1.75. The fraction of sp³-hybridized carbons (Fsp3) is 0.286. The Labute approximate surface area is 116 Å². The number of hydrogen-bond acceptors (Lipinski definition) is 4. The maximum Gasteiger partial charge on any atom is 0.247 e. The minimum Gasteiger partial charge on any atom is -0.337 e. The van der Waals surface area contributed by atoms with Crippen molar-refractivity contribution in [2.75, 3.05) is 7.05 Å². The van der Waals surface area contributed by atoms with Crippen LogP contribution in [0.5, 0.6) is 0 Å². The molecule has 5 heteroatoms. The third kappa shape index (κ3) is 3.00. The van der Waals surface area contributed by atoms with Crippen molar-refractivity contribution in [3.05, 3.63) is 52.5 Å². The Hall–Kier alpha value is -1.72. The first-order valence-corrected chi connectivity index (χ1v) is 6.88. The van der Waals surface area contributed by atoms with Gasteiger partial charge < -0.3 is 10.6 Å². The van der Waals surface area contributed by atoms with Crippen LogP contribution in [0.25, 0.3) is 0 Å². The molecule has 2 N–H and O–H groups in total. The summed E-state index contributed by atoms with van der Waals surface area (Å²) in [4.78, 5) is 18.3. The molecule has 0 saturated carbocycles. The molecule has 1 atom stereocenters. The molecule has 1 heterocycles. The summed E-state index contributed by atoms with van der Waals surface area (Å²) < 4.78 is 0. The third-order valence-electron chi connectivity index (χ3n) is 3.02. The number of rotatable bonds is 4. The summed E-state index contributed by atoms with van der Waals surface area (Å²) in [5.74, 6) is -0.117. The first-order valence-electron chi connectivity index (χ1n) is 6.00. The van der Waals surface area contributed by atoms with Gasteiger partial charge in [0.1, 0.15) is 10.5 Å². The Kier molecular flexibility index (Phi) is 3.97. The number of hydrogen-bond donors (Lipinski definition) is 1. The number of carbonyl (C=O) groups is 1. The van der Waals surface area contributed by atoms with E-state index in [4.69, 9.17) is 5.73 Å². The van der Waals surface area contributed by atoms with Gasteiger partial charge in [-0.1, -0.05) is 30.3 Å². The van der Waals surface area contributed by atoms with Crippen molar-refractivity contribution in [1.82, 2.24) is 9.88 Å². The van der Waals surface area contributed by atoms with Gasteiger partial charge >= 0.3 is 0 Å². The lowest BCUT2D eigenvalue weighted by Crippen LogP contribution is -2.49. The molecule has 0 fully saturated rings. The summed E-state index contributed by atoms with van der Waals surface area (Å²) >= 11 is 1.53. The van der Waals surface area contributed by atoms with E-state index in [0.717, 1.165) is 10.6 Å². The van der Waals surface area contributed by atoms with Crippen molar-refractivity contribution in [2.45, 2.75) is 19.0 Å². The molecule has 2 rings (SSSR count). The van der Waals surface area contributed by atoms with E-state index in [1.54, 1.807) is 25.1 Å². The van der Waals surface area contributed by atoms with E-state index >= 15 is 0 Å². The number of likely N-dealkylation sites (N-methyl/N-ethyl adjacent to an activating group) is 1. The highest BCUT2D eigenvalue weighted by atomic mass is 32.1. The molecule has 100 valence electrons. The van der Waals surface area contributed by atoms with Gasteiger partial charge in [0.05, 0.1) is 6.54 Å². The first-order chi connectivity index (χ1) is 9.01. The van der Waals surface area contributed by atoms with E-state index in [1.165, 1.54) is 11.3 Å². The van der Waals surface area contributed by atoms with Gasteiger partial charge in [-0.25, -0.2) is 4.98 Å². The van der Waals surface area contributed by atoms with E-state index < -0.39 is 5.54 Å². The lowest BCUT2D eigenvalue weighted by Gasteiger charge is -2.29. The molecule has 0 aliphatic heterocycles. The summed E-state index contributed by atoms with van der Waals surface area (Å²) in [6.45, 7) is 2.22. The molecule has 0 spiro atoms. The zero-order valence-corrected chi connectivity index (χ0v) is 11.9. The number of carbonyl (C=O) groups excluding carboxylic acids is 1. The van der Waals surface area contributed by atoms with Crippen molar-refractivity contribution < 1.29 is 4.79 Å². The molecule has 0 bridgehead atoms. The molecule has 0 radical (unpaired) electrons. The van der Waals surface area contributed by atoms with Crippen LogP contribution in [0.1, 0.15) is 17.5 Å². The number of thiazole rings is 1. The molecule has 1 aromatic heterocycles. The van der Waals surface area contributed by atoms with Crippen LogP contribution in [0.4, 0.5) is 0 Å². The molecular formula is C14H17N3OS. The highest BCUT2D eigenvalue weighted by Crippen LogP contribution is 2.21. The fourth-order valence-electron chi connectivity index (χ4n) is 1.91. The van der Waals surface area contributed by atoms with Gasteiger partial charge in [-0.05, 0) is 12.5 Å². The van der Waals surface area contributed by atoms with Crippen molar-refractivity contribution in [1.29, 1.82) is 0 Å². The van der Waals surface area contributed by atoms with Gasteiger partial charge in [-0.15, -0.1) is 11.3 Å². The van der Waals surface area contributed by atoms with Gasteiger partial charge in [-0.3, -0.25) is 4.79 Å². The second kappa shape index (κ2) is 5.50. The molecule has 1 unspecified atom stereocenters. The van der Waals surface area contributed by atoms with Crippen LogP contribution in [0.3, 0.4) is 0 Å². The third-order valence-corrected chi connectivity index (χ3v) is 3.78. The van der Waals surface area contributed by atoms with E-state index in [-0.39, 0.29) is 5.91 Å². The Morgan fingerprint density at radius 2 is 2.11 bits per heavy atom. The molecular weight excluding hydrogens is 258 g/mol. The molecule has 1 aromatic carbocycles. The standard InChI is InChI=1S/C14H17N3OS/c1-14(15,11-6-4-3-5-7-11)13(18)17(2)10-12-16-8-9-19-12/h3-9H,10,15H2,1-2H3. The van der Waals surface area contributed by atoms with E-state index in [9.17, 15) is 4.79 Å². The molecule has 0 aliphatic carbocycles. The normalized spacial score (nSPS) is 13.8. The van der Waals surface area contributed by atoms with Gasteiger partial charge in [0.25, 0.3) is 0 Å². The van der Waals surface area contributed by atoms with E-state index in [1.807, 2.05) is 35.7 Å². The average molecular weight is 275 g/mol. The first kappa shape index (κ1) is 13.7. The summed E-state index contributed by atoms with van der Waals surface area (Å²) in [5, 5.41) is 2.80. The quantitative estimate of drug-likeness (QED) is 0.928. The number of benzene rings is 1. The van der Waals surface area contributed by atoms with Crippen LogP contribution in [-0.4, -0.2) is 22.8 Å². The topological polar surface area (TPSA) is 59.2 Å². The predicted octanol–water partition coefficient (Wildman–Crippen LogP) is 1.98. The molecule has 0 aliphatic rings. The van der Waals surface area contributed by atoms with Crippen molar-refractivity contribution in [3.63, 3.8) is 0 Å². The van der Waals surface area contributed by atoms with Crippen molar-refractivity contribution in [3.8, 4) is 0 Å². The van der Waals surface area contributed by atoms with Crippen LogP contribution in [0.2, 0.25) is 0 Å². The molecule has 2 aromatic rings. The summed E-state index contributed by atoms with van der Waals surface area (Å²) in [6.07, 6.45) is 1.73. The monoisotopic (exact) mass is 275 g/mol. The second-order valence-electron chi connectivity index (χ2n) is 4.66. The number of nitrogens with two attached hydrogens (primary N) is 1. The maximum absolute atomic E-state index is 12.5. The highest BCUT2D eigenvalue weighted by Gasteiger charge is 2.33. The van der Waals surface area contributed by atoms with Gasteiger partial charge in [0.2, 0.25) is 5.91 Å². The number of nitrogens with zero attached hydrogens (tertiary/aromatic N) is 2. The zero-order valence-electron chi connectivity index (χ0n) is 11.0. The van der Waals surface area contributed by atoms with Gasteiger partial charge in [0, 0.05) is 18.6 Å². The van der Waals surface area contributed by atoms with E-state index in [0.29, 0.717) is 6.54 Å². The molecule has 19 heavy (non-hydrogen) atoms. The average Bonchev–Trinajstić information content (AvgIpc) is 2.91. The van der Waals surface area contributed by atoms with Crippen LogP contribution in [0, 0.1) is 0 Å².